The monoisotopic (exact) mass is 364 g/mol. The van der Waals surface area contributed by atoms with E-state index >= 15 is 0 Å². The van der Waals surface area contributed by atoms with Crippen molar-refractivity contribution in [3.8, 4) is 11.8 Å². The maximum atomic E-state index is 11.7. The summed E-state index contributed by atoms with van der Waals surface area (Å²) in [5.74, 6) is 0.0836. The van der Waals surface area contributed by atoms with Crippen LogP contribution in [0.25, 0.3) is 5.69 Å². The van der Waals surface area contributed by atoms with E-state index in [4.69, 9.17) is 5.26 Å². The molecule has 0 aliphatic carbocycles. The van der Waals surface area contributed by atoms with Gasteiger partial charge in [-0.25, -0.2) is 0 Å². The molecule has 0 atom stereocenters. The van der Waals surface area contributed by atoms with Crippen molar-refractivity contribution in [1.82, 2.24) is 4.57 Å². The molecule has 4 heteroatoms. The zero-order chi connectivity index (χ0) is 14.2. The van der Waals surface area contributed by atoms with Crippen LogP contribution in [0.4, 0.5) is 0 Å². The van der Waals surface area contributed by atoms with Crippen LogP contribution in [-0.2, 0) is 0 Å². The molecule has 0 aliphatic heterocycles. The van der Waals surface area contributed by atoms with Crippen molar-refractivity contribution in [2.75, 3.05) is 0 Å². The van der Waals surface area contributed by atoms with Gasteiger partial charge in [0.1, 0.15) is 0 Å². The van der Waals surface area contributed by atoms with Crippen molar-refractivity contribution < 1.29 is 4.79 Å². The van der Waals surface area contributed by atoms with Crippen LogP contribution in [0.3, 0.4) is 0 Å². The number of carbonyl (C=O) groups is 1. The van der Waals surface area contributed by atoms with Crippen LogP contribution in [0, 0.1) is 28.9 Å². The predicted octanol–water partition coefficient (Wildman–Crippen LogP) is 3.77. The third-order valence-corrected chi connectivity index (χ3v) is 4.48. The highest BCUT2D eigenvalue weighted by atomic mass is 127. The fourth-order valence-corrected chi connectivity index (χ4v) is 3.22. The Morgan fingerprint density at radius 3 is 2.26 bits per heavy atom. The van der Waals surface area contributed by atoms with E-state index in [1.54, 1.807) is 19.1 Å². The van der Waals surface area contributed by atoms with Gasteiger partial charge in [0, 0.05) is 16.9 Å². The van der Waals surface area contributed by atoms with E-state index in [9.17, 15) is 4.79 Å². The van der Waals surface area contributed by atoms with Gasteiger partial charge in [-0.2, -0.15) is 5.26 Å². The summed E-state index contributed by atoms with van der Waals surface area (Å²) in [5.41, 5.74) is 4.34. The van der Waals surface area contributed by atoms with Crippen LogP contribution >= 0.6 is 22.6 Å². The van der Waals surface area contributed by atoms with Gasteiger partial charge in [0.25, 0.3) is 0 Å². The maximum absolute atomic E-state index is 11.7. The molecule has 2 aromatic rings. The molecule has 3 nitrogen and oxygen atoms in total. The molecule has 0 amide bonds. The molecular formula is C15H13IN2O. The Kier molecular flexibility index (Phi) is 3.76. The molecule has 0 N–H and O–H groups in total. The first-order valence-electron chi connectivity index (χ1n) is 5.86. The molecule has 0 saturated heterocycles. The van der Waals surface area contributed by atoms with Crippen LogP contribution in [0.5, 0.6) is 0 Å². The number of nitrogens with zero attached hydrogens (tertiary/aromatic N) is 2. The number of hydrogen-bond donors (Lipinski definition) is 0. The van der Waals surface area contributed by atoms with Crippen LogP contribution in [-0.4, -0.2) is 10.4 Å². The number of ketones is 1. The van der Waals surface area contributed by atoms with Gasteiger partial charge in [-0.15, -0.1) is 0 Å². The quantitative estimate of drug-likeness (QED) is 0.602. The Hall–Kier alpha value is -1.61. The Morgan fingerprint density at radius 2 is 1.84 bits per heavy atom. The Labute approximate surface area is 126 Å². The minimum atomic E-state index is 0.0836. The van der Waals surface area contributed by atoms with Crippen LogP contribution in [0.2, 0.25) is 0 Å². The van der Waals surface area contributed by atoms with Crippen molar-refractivity contribution >= 4 is 28.4 Å². The summed E-state index contributed by atoms with van der Waals surface area (Å²) in [6.07, 6.45) is 0. The van der Waals surface area contributed by atoms with Gasteiger partial charge in [-0.3, -0.25) is 4.79 Å². The fourth-order valence-electron chi connectivity index (χ4n) is 2.31. The number of Topliss-reactive ketones (excluding diaryl/α,β-unsaturated/α-hetero) is 1. The number of rotatable bonds is 2. The first-order chi connectivity index (χ1) is 8.97. The first kappa shape index (κ1) is 13.8. The molecular weight excluding hydrogens is 351 g/mol. The van der Waals surface area contributed by atoms with Gasteiger partial charge < -0.3 is 4.57 Å². The van der Waals surface area contributed by atoms with Crippen LogP contribution in [0.15, 0.2) is 24.3 Å². The molecule has 0 spiro atoms. The van der Waals surface area contributed by atoms with E-state index in [2.05, 4.69) is 28.7 Å². The van der Waals surface area contributed by atoms with E-state index in [-0.39, 0.29) is 5.78 Å². The van der Waals surface area contributed by atoms with E-state index in [0.717, 1.165) is 26.2 Å². The van der Waals surface area contributed by atoms with E-state index < -0.39 is 0 Å². The summed E-state index contributed by atoms with van der Waals surface area (Å²) in [6, 6.07) is 9.47. The summed E-state index contributed by atoms with van der Waals surface area (Å²) in [5, 5.41) is 8.83. The molecule has 96 valence electrons. The van der Waals surface area contributed by atoms with Gasteiger partial charge in [0.15, 0.2) is 5.78 Å². The zero-order valence-corrected chi connectivity index (χ0v) is 13.1. The zero-order valence-electron chi connectivity index (χ0n) is 11.0. The number of benzene rings is 1. The summed E-state index contributed by atoms with van der Waals surface area (Å²) >= 11 is 2.25. The highest BCUT2D eigenvalue weighted by molar-refractivity contribution is 14.1. The van der Waals surface area contributed by atoms with Gasteiger partial charge in [0.05, 0.1) is 15.3 Å². The third-order valence-electron chi connectivity index (χ3n) is 3.18. The molecule has 1 aromatic carbocycles. The molecule has 19 heavy (non-hydrogen) atoms. The van der Waals surface area contributed by atoms with Crippen molar-refractivity contribution in [2.45, 2.75) is 20.8 Å². The van der Waals surface area contributed by atoms with Crippen molar-refractivity contribution in [1.29, 1.82) is 5.26 Å². The highest BCUT2D eigenvalue weighted by Gasteiger charge is 2.19. The lowest BCUT2D eigenvalue weighted by molar-refractivity contribution is 0.101. The molecule has 1 aromatic heterocycles. The lowest BCUT2D eigenvalue weighted by Crippen LogP contribution is -2.01. The second-order valence-corrected chi connectivity index (χ2v) is 5.45. The number of nitriles is 1. The highest BCUT2D eigenvalue weighted by Crippen LogP contribution is 2.27. The summed E-state index contributed by atoms with van der Waals surface area (Å²) in [7, 11) is 0. The van der Waals surface area contributed by atoms with Crippen LogP contribution in [0.1, 0.15) is 34.1 Å². The predicted molar refractivity (Wildman–Crippen MR) is 82.7 cm³/mol. The van der Waals surface area contributed by atoms with Gasteiger partial charge in [-0.05, 0) is 73.2 Å². The molecule has 0 bridgehead atoms. The summed E-state index contributed by atoms with van der Waals surface area (Å²) in [6.45, 7) is 5.50. The number of carbonyl (C=O) groups excluding carboxylic acids is 1. The van der Waals surface area contributed by atoms with Crippen molar-refractivity contribution in [3.05, 3.63) is 50.4 Å². The second kappa shape index (κ2) is 5.17. The molecule has 1 heterocycles. The molecule has 0 aliphatic rings. The minimum Gasteiger partial charge on any atom is -0.308 e. The van der Waals surface area contributed by atoms with Gasteiger partial charge in [-0.1, -0.05) is 0 Å². The average molecular weight is 364 g/mol. The topological polar surface area (TPSA) is 45.8 Å². The lowest BCUT2D eigenvalue weighted by atomic mass is 10.1. The summed E-state index contributed by atoms with van der Waals surface area (Å²) in [4.78, 5) is 11.7. The Bertz CT molecular complexity index is 690. The molecule has 0 fully saturated rings. The largest absolute Gasteiger partial charge is 0.308 e. The smallest absolute Gasteiger partial charge is 0.161 e. The minimum absolute atomic E-state index is 0.0836. The fraction of sp³-hybridized carbons (Fsp3) is 0.200. The standard InChI is InChI=1S/C15H13IN2O/c1-9-14(11(3)19)10(2)18(15(9)16)13-6-4-12(8-17)5-7-13/h4-7H,1-3H3. The summed E-state index contributed by atoms with van der Waals surface area (Å²) < 4.78 is 3.08. The van der Waals surface area contributed by atoms with Gasteiger partial charge >= 0.3 is 0 Å². The Balaban J connectivity index is 2.66. The molecule has 0 radical (unpaired) electrons. The van der Waals surface area contributed by atoms with Gasteiger partial charge in [0.2, 0.25) is 0 Å². The average Bonchev–Trinajstić information content (AvgIpc) is 2.60. The molecule has 0 saturated carbocycles. The Morgan fingerprint density at radius 1 is 1.26 bits per heavy atom. The second-order valence-electron chi connectivity index (χ2n) is 4.43. The van der Waals surface area contributed by atoms with Crippen molar-refractivity contribution in [3.63, 3.8) is 0 Å². The molecule has 0 unspecified atom stereocenters. The normalized spacial score (nSPS) is 10.3. The number of aromatic nitrogens is 1. The van der Waals surface area contributed by atoms with Crippen LogP contribution < -0.4 is 0 Å². The SMILES string of the molecule is CC(=O)c1c(C)c(I)n(-c2ccc(C#N)cc2)c1C. The molecule has 2 rings (SSSR count). The first-order valence-corrected chi connectivity index (χ1v) is 6.94. The number of hydrogen-bond acceptors (Lipinski definition) is 2. The maximum Gasteiger partial charge on any atom is 0.161 e. The van der Waals surface area contributed by atoms with E-state index in [1.807, 2.05) is 30.5 Å². The van der Waals surface area contributed by atoms with Crippen molar-refractivity contribution in [2.24, 2.45) is 0 Å². The third kappa shape index (κ3) is 2.30. The van der Waals surface area contributed by atoms with E-state index in [1.165, 1.54) is 0 Å². The lowest BCUT2D eigenvalue weighted by Gasteiger charge is -2.08. The van der Waals surface area contributed by atoms with E-state index in [0.29, 0.717) is 5.56 Å². The number of halogens is 1.